The van der Waals surface area contributed by atoms with Crippen LogP contribution in [-0.2, 0) is 23.6 Å². The van der Waals surface area contributed by atoms with E-state index in [-0.39, 0.29) is 5.75 Å². The number of anilines is 1. The van der Waals surface area contributed by atoms with Crippen molar-refractivity contribution in [2.75, 3.05) is 31.8 Å². The number of nitrogens with zero attached hydrogens (tertiary/aromatic N) is 2. The van der Waals surface area contributed by atoms with Crippen molar-refractivity contribution in [3.63, 3.8) is 0 Å². The summed E-state index contributed by atoms with van der Waals surface area (Å²) in [5.74, 6) is 0.0372. The lowest BCUT2D eigenvalue weighted by Crippen LogP contribution is -2.36. The third kappa shape index (κ3) is 5.46. The van der Waals surface area contributed by atoms with Crippen molar-refractivity contribution >= 4 is 45.2 Å². The highest BCUT2D eigenvalue weighted by atomic mass is 32.2. The maximum absolute atomic E-state index is 10.9. The number of thioether (sulfide) groups is 1. The number of nitrogens with one attached hydrogen (secondary N) is 1. The van der Waals surface area contributed by atoms with Gasteiger partial charge in [-0.05, 0) is 48.5 Å². The number of carboxylic acid groups (broad SMARTS) is 1. The summed E-state index contributed by atoms with van der Waals surface area (Å²) >= 11 is 1.43. The number of rotatable bonds is 9. The summed E-state index contributed by atoms with van der Waals surface area (Å²) in [6.45, 7) is 1.56. The number of aromatic nitrogens is 1. The van der Waals surface area contributed by atoms with E-state index in [1.165, 1.54) is 50.4 Å². The minimum atomic E-state index is -0.775. The molecule has 0 radical (unpaired) electrons. The third-order valence-corrected chi connectivity index (χ3v) is 6.71. The van der Waals surface area contributed by atoms with Gasteiger partial charge >= 0.3 is 5.97 Å². The number of aliphatic carboxylic acids is 1. The van der Waals surface area contributed by atoms with Crippen molar-refractivity contribution in [3.8, 4) is 0 Å². The highest BCUT2D eigenvalue weighted by Crippen LogP contribution is 2.24. The first kappa shape index (κ1) is 23.1. The highest BCUT2D eigenvalue weighted by Gasteiger charge is 2.18. The number of hydrogen-bond donors (Lipinski definition) is 2. The van der Waals surface area contributed by atoms with E-state index in [0.29, 0.717) is 5.75 Å². The lowest BCUT2D eigenvalue weighted by Gasteiger charge is -2.14. The number of pyridine rings is 1. The minimum Gasteiger partial charge on any atom is -0.481 e. The van der Waals surface area contributed by atoms with Crippen LogP contribution in [-0.4, -0.2) is 38.0 Å². The molecule has 6 heteroatoms. The molecule has 0 aliphatic rings. The van der Waals surface area contributed by atoms with Crippen LogP contribution in [0, 0.1) is 0 Å². The first-order chi connectivity index (χ1) is 15.9. The molecule has 4 rings (SSSR count). The Bertz CT molecular complexity index is 1300. The molecule has 1 aromatic heterocycles. The molecule has 5 nitrogen and oxygen atoms in total. The Morgan fingerprint density at radius 1 is 0.939 bits per heavy atom. The number of fused-ring (bicyclic) bond motifs is 2. The molecule has 0 fully saturated rings. The zero-order chi connectivity index (χ0) is 23.4. The molecule has 0 unspecified atom stereocenters. The van der Waals surface area contributed by atoms with Crippen LogP contribution in [0.5, 0.6) is 0 Å². The molecular weight excluding hydrogens is 430 g/mol. The number of carbonyl (C=O) groups is 1. The van der Waals surface area contributed by atoms with E-state index in [1.807, 2.05) is 7.05 Å². The van der Waals surface area contributed by atoms with Crippen LogP contribution in [0.3, 0.4) is 0 Å². The average molecular weight is 461 g/mol. The first-order valence-corrected chi connectivity index (χ1v) is 12.2. The zero-order valence-corrected chi connectivity index (χ0v) is 20.2. The molecule has 0 saturated heterocycles. The summed E-state index contributed by atoms with van der Waals surface area (Å²) in [6, 6.07) is 24.0. The lowest BCUT2D eigenvalue weighted by molar-refractivity contribution is -0.635. The van der Waals surface area contributed by atoms with Gasteiger partial charge in [0.15, 0.2) is 6.54 Å². The van der Waals surface area contributed by atoms with Gasteiger partial charge in [0.1, 0.15) is 0 Å². The molecule has 0 atom stereocenters. The van der Waals surface area contributed by atoms with E-state index in [1.54, 1.807) is 0 Å². The third-order valence-electron chi connectivity index (χ3n) is 5.73. The van der Waals surface area contributed by atoms with Gasteiger partial charge in [-0.3, -0.25) is 4.79 Å². The van der Waals surface area contributed by atoms with Crippen molar-refractivity contribution in [2.24, 2.45) is 0 Å². The average Bonchev–Trinajstić information content (AvgIpc) is 2.79. The van der Waals surface area contributed by atoms with E-state index in [4.69, 9.17) is 5.11 Å². The Morgan fingerprint density at radius 2 is 1.67 bits per heavy atom. The van der Waals surface area contributed by atoms with Gasteiger partial charge < -0.3 is 15.3 Å². The maximum Gasteiger partial charge on any atom is 0.313 e. The van der Waals surface area contributed by atoms with Gasteiger partial charge in [0.05, 0.1) is 5.75 Å². The number of hydrogen-bond acceptors (Lipinski definition) is 4. The smallest absolute Gasteiger partial charge is 0.313 e. The molecule has 0 bridgehead atoms. The van der Waals surface area contributed by atoms with Gasteiger partial charge in [0.25, 0.3) is 0 Å². The molecule has 0 aliphatic carbocycles. The summed E-state index contributed by atoms with van der Waals surface area (Å²) in [5, 5.41) is 14.6. The van der Waals surface area contributed by atoms with Crippen molar-refractivity contribution in [3.05, 3.63) is 83.4 Å². The Kier molecular flexibility index (Phi) is 7.16. The SMILES string of the molecule is CNCc1ccc2cc3ccc(N(C)C)cc3[n+](Cc3cccc(CSCC(=O)O)c3)c2c1. The van der Waals surface area contributed by atoms with Crippen LogP contribution < -0.4 is 14.8 Å². The molecular formula is C27H30N3O2S+. The predicted octanol–water partition coefficient (Wildman–Crippen LogP) is 4.43. The second kappa shape index (κ2) is 10.2. The van der Waals surface area contributed by atoms with Gasteiger partial charge in [-0.1, -0.05) is 24.3 Å². The summed E-state index contributed by atoms with van der Waals surface area (Å²) < 4.78 is 2.40. The Morgan fingerprint density at radius 3 is 2.39 bits per heavy atom. The molecule has 3 aromatic carbocycles. The standard InChI is InChI=1S/C27H29N3O2S/c1-28-15-19-7-8-22-13-23-9-10-24(29(2)3)14-26(23)30(25(22)12-19)16-20-5-4-6-21(11-20)17-33-18-27(31)32/h4-14,28H,15-18H2,1-3H3/p+1. The number of benzene rings is 3. The number of carboxylic acids is 1. The summed E-state index contributed by atoms with van der Waals surface area (Å²) in [5.41, 5.74) is 7.17. The van der Waals surface area contributed by atoms with Crippen LogP contribution >= 0.6 is 11.8 Å². The van der Waals surface area contributed by atoms with Crippen LogP contribution in [0.1, 0.15) is 16.7 Å². The van der Waals surface area contributed by atoms with E-state index < -0.39 is 5.97 Å². The summed E-state index contributed by atoms with van der Waals surface area (Å²) in [6.07, 6.45) is 0. The van der Waals surface area contributed by atoms with Gasteiger partial charge in [-0.15, -0.1) is 11.8 Å². The van der Waals surface area contributed by atoms with Crippen molar-refractivity contribution in [1.82, 2.24) is 5.32 Å². The molecule has 1 heterocycles. The maximum atomic E-state index is 10.9. The van der Waals surface area contributed by atoms with Crippen LogP contribution in [0.4, 0.5) is 5.69 Å². The molecule has 0 amide bonds. The van der Waals surface area contributed by atoms with Gasteiger partial charge in [-0.2, -0.15) is 4.57 Å². The lowest BCUT2D eigenvalue weighted by atomic mass is 10.1. The first-order valence-electron chi connectivity index (χ1n) is 11.0. The fourth-order valence-electron chi connectivity index (χ4n) is 4.15. The molecule has 0 aliphatic heterocycles. The summed E-state index contributed by atoms with van der Waals surface area (Å²) in [7, 11) is 6.10. The molecule has 33 heavy (non-hydrogen) atoms. The largest absolute Gasteiger partial charge is 0.481 e. The zero-order valence-electron chi connectivity index (χ0n) is 19.3. The van der Waals surface area contributed by atoms with Crippen LogP contribution in [0.2, 0.25) is 0 Å². The van der Waals surface area contributed by atoms with Crippen LogP contribution in [0.15, 0.2) is 66.7 Å². The Labute approximate surface area is 199 Å². The molecule has 4 aromatic rings. The van der Waals surface area contributed by atoms with E-state index in [9.17, 15) is 4.79 Å². The van der Waals surface area contributed by atoms with E-state index >= 15 is 0 Å². The topological polar surface area (TPSA) is 56.5 Å². The van der Waals surface area contributed by atoms with E-state index in [0.717, 1.165) is 18.7 Å². The highest BCUT2D eigenvalue weighted by molar-refractivity contribution is 7.99. The molecule has 170 valence electrons. The second-order valence-corrected chi connectivity index (χ2v) is 9.48. The monoisotopic (exact) mass is 460 g/mol. The van der Waals surface area contributed by atoms with Gasteiger partial charge in [-0.25, -0.2) is 0 Å². The summed E-state index contributed by atoms with van der Waals surface area (Å²) in [4.78, 5) is 13.0. The van der Waals surface area contributed by atoms with Crippen LogP contribution in [0.25, 0.3) is 21.8 Å². The predicted molar refractivity (Wildman–Crippen MR) is 138 cm³/mol. The molecule has 0 saturated carbocycles. The van der Waals surface area contributed by atoms with Gasteiger partial charge in [0.2, 0.25) is 11.0 Å². The minimum absolute atomic E-state index is 0.120. The Hall–Kier alpha value is -3.09. The van der Waals surface area contributed by atoms with E-state index in [2.05, 4.69) is 95.6 Å². The fraction of sp³-hybridized carbons (Fsp3) is 0.259. The van der Waals surface area contributed by atoms with Crippen molar-refractivity contribution < 1.29 is 14.5 Å². The van der Waals surface area contributed by atoms with Gasteiger partial charge in [0, 0.05) is 60.5 Å². The molecule has 2 N–H and O–H groups in total. The van der Waals surface area contributed by atoms with Crippen molar-refractivity contribution in [2.45, 2.75) is 18.8 Å². The fourth-order valence-corrected chi connectivity index (χ4v) is 4.84. The van der Waals surface area contributed by atoms with Crippen molar-refractivity contribution in [1.29, 1.82) is 0 Å². The quantitative estimate of drug-likeness (QED) is 0.286. The second-order valence-electron chi connectivity index (χ2n) is 8.50. The Balaban J connectivity index is 1.81. The molecule has 0 spiro atoms. The normalized spacial score (nSPS) is 11.2.